The largest absolute Gasteiger partial charge is 1.00 e. The van der Waals surface area contributed by atoms with E-state index in [1.807, 2.05) is 24.3 Å². The van der Waals surface area contributed by atoms with E-state index in [0.29, 0.717) is 10.8 Å². The summed E-state index contributed by atoms with van der Waals surface area (Å²) in [5.41, 5.74) is 3.31. The lowest BCUT2D eigenvalue weighted by Gasteiger charge is -1.95. The summed E-state index contributed by atoms with van der Waals surface area (Å²) in [7, 11) is 0. The van der Waals surface area contributed by atoms with Gasteiger partial charge in [-0.2, -0.15) is 4.57 Å². The van der Waals surface area contributed by atoms with E-state index in [0.717, 1.165) is 23.6 Å². The van der Waals surface area contributed by atoms with Gasteiger partial charge < -0.3 is 21.9 Å². The number of rotatable bonds is 1. The molecular weight excluding hydrogens is 309 g/mol. The Balaban J connectivity index is 0.00000132. The van der Waals surface area contributed by atoms with Crippen molar-refractivity contribution < 1.29 is 26.4 Å². The Hall–Kier alpha value is -1.71. The van der Waals surface area contributed by atoms with Gasteiger partial charge >= 0.3 is 0 Å². The molecule has 21 heavy (non-hydrogen) atoms. The number of ether oxygens (including phenoxy) is 2. The number of aromatic nitrogens is 1. The molecule has 0 amide bonds. The summed E-state index contributed by atoms with van der Waals surface area (Å²) >= 11 is 6.52. The molecule has 0 aromatic heterocycles. The highest BCUT2D eigenvalue weighted by Crippen LogP contribution is 2.42. The number of fused-ring (bicyclic) bond motifs is 4. The van der Waals surface area contributed by atoms with Crippen molar-refractivity contribution in [2.45, 2.75) is 13.5 Å². The lowest BCUT2D eigenvalue weighted by atomic mass is 10.1. The average molecular weight is 322 g/mol. The highest BCUT2D eigenvalue weighted by molar-refractivity contribution is 6.33. The Morgan fingerprint density at radius 3 is 2.62 bits per heavy atom. The third-order valence-electron chi connectivity index (χ3n) is 3.76. The number of para-hydroxylation sites is 1. The molecule has 4 rings (SSSR count). The maximum atomic E-state index is 6.52. The van der Waals surface area contributed by atoms with Crippen LogP contribution in [0.3, 0.4) is 0 Å². The minimum absolute atomic E-state index is 0. The molecule has 0 N–H and O–H groups in total. The zero-order valence-electron chi connectivity index (χ0n) is 11.4. The summed E-state index contributed by atoms with van der Waals surface area (Å²) in [4.78, 5) is 0. The minimum Gasteiger partial charge on any atom is -1.00 e. The summed E-state index contributed by atoms with van der Waals surface area (Å²) in [6, 6.07) is 12.2. The second kappa shape index (κ2) is 5.24. The lowest BCUT2D eigenvalue weighted by molar-refractivity contribution is -0.654. The summed E-state index contributed by atoms with van der Waals surface area (Å²) < 4.78 is 13.2. The van der Waals surface area contributed by atoms with Crippen LogP contribution in [0.4, 0.5) is 0 Å². The molecule has 1 aromatic carbocycles. The Morgan fingerprint density at radius 1 is 1.14 bits per heavy atom. The second-order valence-corrected chi connectivity index (χ2v) is 5.20. The standard InChI is InChI=1S/C16H13ClNO2.ClH/c1-2-18-13-6-4-3-5-10(13)11-7-14-15(20-9-19-14)8-12(17)16(11)18;/h3-8H,2,9H2,1H3;1H/q+1;/p-1. The molecule has 0 radical (unpaired) electrons. The first-order chi connectivity index (χ1) is 9.79. The molecule has 0 fully saturated rings. The third-order valence-corrected chi connectivity index (χ3v) is 4.05. The number of hydrogen-bond acceptors (Lipinski definition) is 2. The summed E-state index contributed by atoms with van der Waals surface area (Å²) in [6.45, 7) is 3.24. The molecule has 0 atom stereocenters. The SMILES string of the molecule is CC[n+]1c2c(Cl)cc3c(cc-2c2ccccc21)OCO3.[Cl-]. The fourth-order valence-electron chi connectivity index (χ4n) is 2.90. The van der Waals surface area contributed by atoms with E-state index < -0.39 is 0 Å². The van der Waals surface area contributed by atoms with Crippen LogP contribution in [0.5, 0.6) is 11.5 Å². The van der Waals surface area contributed by atoms with E-state index in [1.54, 1.807) is 0 Å². The topological polar surface area (TPSA) is 22.3 Å². The third kappa shape index (κ3) is 2.00. The van der Waals surface area contributed by atoms with Crippen molar-refractivity contribution in [3.05, 3.63) is 41.4 Å². The zero-order valence-corrected chi connectivity index (χ0v) is 12.9. The van der Waals surface area contributed by atoms with Crippen LogP contribution in [-0.2, 0) is 6.54 Å². The van der Waals surface area contributed by atoms with Crippen molar-refractivity contribution in [3.63, 3.8) is 0 Å². The number of benzene rings is 1. The van der Waals surface area contributed by atoms with Gasteiger partial charge in [0, 0.05) is 12.1 Å². The van der Waals surface area contributed by atoms with Gasteiger partial charge in [-0.25, -0.2) is 0 Å². The highest BCUT2D eigenvalue weighted by atomic mass is 35.5. The molecule has 3 nitrogen and oxygen atoms in total. The van der Waals surface area contributed by atoms with Crippen molar-refractivity contribution in [1.29, 1.82) is 0 Å². The molecule has 0 unspecified atom stereocenters. The Kier molecular flexibility index (Phi) is 3.56. The van der Waals surface area contributed by atoms with Crippen molar-refractivity contribution in [2.24, 2.45) is 0 Å². The smallest absolute Gasteiger partial charge is 0.232 e. The summed E-state index contributed by atoms with van der Waals surface area (Å²) in [5, 5.41) is 1.87. The molecule has 3 aliphatic rings. The van der Waals surface area contributed by atoms with Gasteiger partial charge in [0.2, 0.25) is 18.0 Å². The average Bonchev–Trinajstić information content (AvgIpc) is 2.99. The van der Waals surface area contributed by atoms with Crippen molar-refractivity contribution in [3.8, 4) is 22.8 Å². The van der Waals surface area contributed by atoms with E-state index >= 15 is 0 Å². The minimum atomic E-state index is 0. The van der Waals surface area contributed by atoms with Gasteiger partial charge in [-0.15, -0.1) is 0 Å². The van der Waals surface area contributed by atoms with Gasteiger partial charge in [0.05, 0.1) is 10.9 Å². The maximum absolute atomic E-state index is 6.52. The van der Waals surface area contributed by atoms with E-state index in [9.17, 15) is 0 Å². The molecule has 0 saturated carbocycles. The normalized spacial score (nSPS) is 12.7. The van der Waals surface area contributed by atoms with Crippen LogP contribution >= 0.6 is 11.6 Å². The number of hydrogen-bond donors (Lipinski definition) is 0. The molecule has 1 aliphatic carbocycles. The van der Waals surface area contributed by atoms with Gasteiger partial charge in [-0.05, 0) is 19.1 Å². The zero-order chi connectivity index (χ0) is 13.7. The van der Waals surface area contributed by atoms with Gasteiger partial charge in [-0.1, -0.05) is 23.7 Å². The fraction of sp³-hybridized carbons (Fsp3) is 0.188. The summed E-state index contributed by atoms with van der Waals surface area (Å²) in [5.74, 6) is 1.46. The van der Waals surface area contributed by atoms with E-state index in [1.165, 1.54) is 10.9 Å². The Bertz CT molecular complexity index is 804. The van der Waals surface area contributed by atoms with Crippen LogP contribution in [0.1, 0.15) is 6.92 Å². The predicted molar refractivity (Wildman–Crippen MR) is 77.6 cm³/mol. The molecular formula is C16H13Cl2NO2. The fourth-order valence-corrected chi connectivity index (χ4v) is 3.20. The monoisotopic (exact) mass is 321 g/mol. The van der Waals surface area contributed by atoms with Crippen LogP contribution in [0.2, 0.25) is 5.02 Å². The van der Waals surface area contributed by atoms with Crippen molar-refractivity contribution in [1.82, 2.24) is 0 Å². The first kappa shape index (κ1) is 14.2. The van der Waals surface area contributed by atoms with Gasteiger partial charge in [0.15, 0.2) is 11.5 Å². The van der Waals surface area contributed by atoms with Gasteiger partial charge in [-0.3, -0.25) is 0 Å². The molecule has 0 spiro atoms. The van der Waals surface area contributed by atoms with Crippen LogP contribution in [0.15, 0.2) is 36.4 Å². The van der Waals surface area contributed by atoms with E-state index in [4.69, 9.17) is 21.1 Å². The predicted octanol–water partition coefficient (Wildman–Crippen LogP) is 0.638. The molecule has 1 aromatic rings. The number of aryl methyl sites for hydroxylation is 1. The number of halogens is 2. The lowest BCUT2D eigenvalue weighted by Crippen LogP contribution is -3.00. The van der Waals surface area contributed by atoms with Crippen LogP contribution < -0.4 is 26.4 Å². The maximum Gasteiger partial charge on any atom is 0.232 e. The Labute approximate surface area is 133 Å². The van der Waals surface area contributed by atoms with Gasteiger partial charge in [0.1, 0.15) is 11.6 Å². The molecule has 2 heterocycles. The first-order valence-corrected chi connectivity index (χ1v) is 7.01. The Morgan fingerprint density at radius 2 is 1.86 bits per heavy atom. The highest BCUT2D eigenvalue weighted by Gasteiger charge is 2.29. The quantitative estimate of drug-likeness (QED) is 0.614. The van der Waals surface area contributed by atoms with E-state index in [2.05, 4.69) is 23.6 Å². The molecule has 0 bridgehead atoms. The van der Waals surface area contributed by atoms with E-state index in [-0.39, 0.29) is 19.2 Å². The number of nitrogens with zero attached hydrogens (tertiary/aromatic N) is 1. The molecule has 0 saturated heterocycles. The molecule has 2 aliphatic heterocycles. The second-order valence-electron chi connectivity index (χ2n) is 4.80. The van der Waals surface area contributed by atoms with Crippen LogP contribution in [0, 0.1) is 0 Å². The molecule has 108 valence electrons. The van der Waals surface area contributed by atoms with Gasteiger partial charge in [0.25, 0.3) is 0 Å². The van der Waals surface area contributed by atoms with Crippen molar-refractivity contribution in [2.75, 3.05) is 6.79 Å². The first-order valence-electron chi connectivity index (χ1n) is 6.63. The summed E-state index contributed by atoms with van der Waals surface area (Å²) in [6.07, 6.45) is 0. The van der Waals surface area contributed by atoms with Crippen molar-refractivity contribution >= 4 is 22.5 Å². The van der Waals surface area contributed by atoms with Crippen LogP contribution in [-0.4, -0.2) is 6.79 Å². The molecule has 5 heteroatoms. The van der Waals surface area contributed by atoms with Crippen LogP contribution in [0.25, 0.3) is 22.2 Å².